The van der Waals surface area contributed by atoms with Gasteiger partial charge in [-0.15, -0.1) is 0 Å². The van der Waals surface area contributed by atoms with Gasteiger partial charge in [-0.2, -0.15) is 0 Å². The van der Waals surface area contributed by atoms with Crippen LogP contribution < -0.4 is 15.8 Å². The van der Waals surface area contributed by atoms with E-state index < -0.39 is 5.97 Å². The molecule has 1 fully saturated rings. The lowest BCUT2D eigenvalue weighted by Gasteiger charge is -2.29. The topological polar surface area (TPSA) is 94.7 Å². The molecule has 9 heteroatoms. The summed E-state index contributed by atoms with van der Waals surface area (Å²) in [6.07, 6.45) is 0. The molecule has 0 unspecified atom stereocenters. The van der Waals surface area contributed by atoms with Crippen LogP contribution in [0, 0.1) is 0 Å². The average molecular weight is 468 g/mol. The molecule has 3 N–H and O–H groups in total. The number of morpholine rings is 1. The van der Waals surface area contributed by atoms with E-state index in [1.165, 1.54) is 0 Å². The van der Waals surface area contributed by atoms with Crippen LogP contribution in [-0.4, -0.2) is 48.9 Å². The molecule has 0 saturated carbocycles. The third kappa shape index (κ3) is 4.36. The van der Waals surface area contributed by atoms with Crippen LogP contribution in [0.2, 0.25) is 0 Å². The van der Waals surface area contributed by atoms with Crippen molar-refractivity contribution in [3.63, 3.8) is 0 Å². The Bertz CT molecular complexity index is 1240. The molecule has 7 nitrogen and oxygen atoms in total. The first-order valence-corrected chi connectivity index (χ1v) is 11.9. The maximum atomic E-state index is 12.5. The van der Waals surface area contributed by atoms with Crippen LogP contribution in [0.5, 0.6) is 0 Å². The Hall–Kier alpha value is -2.88. The van der Waals surface area contributed by atoms with Gasteiger partial charge in [0.2, 0.25) is 5.56 Å². The summed E-state index contributed by atoms with van der Waals surface area (Å²) in [5.74, 6) is -0.895. The first-order valence-electron chi connectivity index (χ1n) is 10.2. The van der Waals surface area contributed by atoms with Gasteiger partial charge < -0.3 is 25.0 Å². The van der Waals surface area contributed by atoms with Gasteiger partial charge in [0.15, 0.2) is 0 Å². The van der Waals surface area contributed by atoms with E-state index in [0.29, 0.717) is 13.2 Å². The number of anilines is 2. The van der Waals surface area contributed by atoms with Crippen molar-refractivity contribution < 1.29 is 14.6 Å². The molecule has 1 saturated heterocycles. The maximum absolute atomic E-state index is 12.5. The Morgan fingerprint density at radius 1 is 1.06 bits per heavy atom. The second-order valence-electron chi connectivity index (χ2n) is 7.46. The molecule has 0 amide bonds. The van der Waals surface area contributed by atoms with E-state index in [9.17, 15) is 9.59 Å². The summed E-state index contributed by atoms with van der Waals surface area (Å²) in [5, 5.41) is 11.8. The van der Waals surface area contributed by atoms with E-state index in [1.807, 2.05) is 36.4 Å². The zero-order valence-electron chi connectivity index (χ0n) is 17.1. The Kier molecular flexibility index (Phi) is 5.86. The van der Waals surface area contributed by atoms with Crippen molar-refractivity contribution >= 4 is 40.9 Å². The Morgan fingerprint density at radius 3 is 2.72 bits per heavy atom. The van der Waals surface area contributed by atoms with Crippen LogP contribution in [0.3, 0.4) is 0 Å². The summed E-state index contributed by atoms with van der Waals surface area (Å²) in [4.78, 5) is 32.9. The quantitative estimate of drug-likeness (QED) is 0.406. The van der Waals surface area contributed by atoms with E-state index in [1.54, 1.807) is 29.6 Å². The standard InChI is InChI=1S/C23H21N3O4S2/c27-21-12-15(26-6-8-30-9-7-26)11-17(25-21)16-2-1-3-19-23(16)32-18-5-4-14(10-20(18)31-19)24-13-22(28)29/h1-5,10-12,24H,6-9,13H2,(H,25,27)(H,28,29). The predicted molar refractivity (Wildman–Crippen MR) is 126 cm³/mol. The summed E-state index contributed by atoms with van der Waals surface area (Å²) in [5.41, 5.74) is 3.36. The number of hydrogen-bond donors (Lipinski definition) is 3. The van der Waals surface area contributed by atoms with Gasteiger partial charge in [-0.1, -0.05) is 35.7 Å². The highest BCUT2D eigenvalue weighted by molar-refractivity contribution is 8.05. The third-order valence-corrected chi connectivity index (χ3v) is 7.89. The summed E-state index contributed by atoms with van der Waals surface area (Å²) in [7, 11) is 0. The van der Waals surface area contributed by atoms with Crippen LogP contribution in [0.25, 0.3) is 11.3 Å². The molecule has 0 radical (unpaired) electrons. The molecule has 0 bridgehead atoms. The number of benzene rings is 2. The van der Waals surface area contributed by atoms with Crippen molar-refractivity contribution in [2.45, 2.75) is 19.6 Å². The van der Waals surface area contributed by atoms with Crippen LogP contribution in [0.15, 0.2) is 72.9 Å². The first-order chi connectivity index (χ1) is 15.6. The van der Waals surface area contributed by atoms with Gasteiger partial charge in [0.25, 0.3) is 0 Å². The van der Waals surface area contributed by atoms with Crippen molar-refractivity contribution in [3.05, 3.63) is 58.9 Å². The summed E-state index contributed by atoms with van der Waals surface area (Å²) >= 11 is 3.31. The smallest absolute Gasteiger partial charge is 0.322 e. The molecule has 1 aromatic heterocycles. The molecule has 0 spiro atoms. The number of rotatable bonds is 5. The van der Waals surface area contributed by atoms with E-state index in [0.717, 1.165) is 55.3 Å². The van der Waals surface area contributed by atoms with Crippen molar-refractivity contribution in [2.24, 2.45) is 0 Å². The molecule has 5 rings (SSSR count). The summed E-state index contributed by atoms with van der Waals surface area (Å²) < 4.78 is 5.44. The number of aromatic amines is 1. The minimum atomic E-state index is -0.895. The van der Waals surface area contributed by atoms with Crippen molar-refractivity contribution in [1.82, 2.24) is 4.98 Å². The van der Waals surface area contributed by atoms with Gasteiger partial charge in [0.1, 0.15) is 6.54 Å². The van der Waals surface area contributed by atoms with Crippen molar-refractivity contribution in [2.75, 3.05) is 43.1 Å². The van der Waals surface area contributed by atoms with Gasteiger partial charge in [-0.05, 0) is 30.3 Å². The number of nitrogens with zero attached hydrogens (tertiary/aromatic N) is 1. The van der Waals surface area contributed by atoms with Crippen LogP contribution in [-0.2, 0) is 9.53 Å². The zero-order chi connectivity index (χ0) is 22.1. The zero-order valence-corrected chi connectivity index (χ0v) is 18.7. The lowest BCUT2D eigenvalue weighted by atomic mass is 10.1. The van der Waals surface area contributed by atoms with E-state index in [4.69, 9.17) is 9.84 Å². The van der Waals surface area contributed by atoms with Crippen LogP contribution >= 0.6 is 23.5 Å². The highest BCUT2D eigenvalue weighted by atomic mass is 32.2. The number of carbonyl (C=O) groups is 1. The van der Waals surface area contributed by atoms with Crippen molar-refractivity contribution in [1.29, 1.82) is 0 Å². The van der Waals surface area contributed by atoms with Gasteiger partial charge in [0, 0.05) is 55.7 Å². The fraction of sp³-hybridized carbons (Fsp3) is 0.217. The highest BCUT2D eigenvalue weighted by Gasteiger charge is 2.22. The average Bonchev–Trinajstić information content (AvgIpc) is 2.81. The molecular formula is C23H21N3O4S2. The van der Waals surface area contributed by atoms with Gasteiger partial charge in [-0.25, -0.2) is 0 Å². The Labute approximate surface area is 193 Å². The number of carboxylic acid groups (broad SMARTS) is 1. The van der Waals surface area contributed by atoms with Gasteiger partial charge >= 0.3 is 5.97 Å². The Balaban J connectivity index is 1.48. The minimum Gasteiger partial charge on any atom is -0.480 e. The molecule has 2 aliphatic heterocycles. The molecule has 32 heavy (non-hydrogen) atoms. The second kappa shape index (κ2) is 8.93. The molecule has 0 atom stereocenters. The molecule has 164 valence electrons. The normalized spacial score (nSPS) is 15.1. The van der Waals surface area contributed by atoms with Crippen molar-refractivity contribution in [3.8, 4) is 11.3 Å². The monoisotopic (exact) mass is 467 g/mol. The number of hydrogen-bond acceptors (Lipinski definition) is 7. The molecule has 2 aromatic carbocycles. The molecule has 0 aliphatic carbocycles. The predicted octanol–water partition coefficient (Wildman–Crippen LogP) is 3.99. The number of aromatic nitrogens is 1. The maximum Gasteiger partial charge on any atom is 0.322 e. The summed E-state index contributed by atoms with van der Waals surface area (Å²) in [6, 6.07) is 15.7. The number of H-pyrrole nitrogens is 1. The number of fused-ring (bicyclic) bond motifs is 2. The second-order valence-corrected chi connectivity index (χ2v) is 9.60. The minimum absolute atomic E-state index is 0.121. The fourth-order valence-electron chi connectivity index (χ4n) is 3.78. The molecule has 3 heterocycles. The van der Waals surface area contributed by atoms with E-state index in [2.05, 4.69) is 21.3 Å². The Morgan fingerprint density at radius 2 is 1.91 bits per heavy atom. The van der Waals surface area contributed by atoms with E-state index >= 15 is 0 Å². The SMILES string of the molecule is O=C(O)CNc1ccc2c(c1)Sc1cccc(-c3cc(N4CCOCC4)cc(=O)[nH]3)c1S2. The summed E-state index contributed by atoms with van der Waals surface area (Å²) in [6.45, 7) is 2.74. The van der Waals surface area contributed by atoms with Gasteiger partial charge in [-0.3, -0.25) is 9.59 Å². The lowest BCUT2D eigenvalue weighted by Crippen LogP contribution is -2.36. The van der Waals surface area contributed by atoms with Gasteiger partial charge in [0.05, 0.1) is 18.9 Å². The molecule has 2 aliphatic rings. The molecule has 3 aromatic rings. The fourth-order valence-corrected chi connectivity index (χ4v) is 6.19. The molecular weight excluding hydrogens is 446 g/mol. The lowest BCUT2D eigenvalue weighted by molar-refractivity contribution is -0.134. The number of nitrogens with one attached hydrogen (secondary N) is 2. The number of aliphatic carboxylic acids is 1. The van der Waals surface area contributed by atoms with Crippen LogP contribution in [0.1, 0.15) is 0 Å². The highest BCUT2D eigenvalue weighted by Crippen LogP contribution is 2.52. The van der Waals surface area contributed by atoms with Crippen LogP contribution in [0.4, 0.5) is 11.4 Å². The number of pyridine rings is 1. The first kappa shape index (κ1) is 21.0. The number of carboxylic acids is 1. The van der Waals surface area contributed by atoms with E-state index in [-0.39, 0.29) is 12.1 Å². The largest absolute Gasteiger partial charge is 0.480 e. The number of ether oxygens (including phenoxy) is 1. The third-order valence-electron chi connectivity index (χ3n) is 5.29.